The average molecular weight is 330 g/mol. The van der Waals surface area contributed by atoms with E-state index in [1.54, 1.807) is 7.11 Å². The van der Waals surface area contributed by atoms with Crippen molar-refractivity contribution in [1.29, 1.82) is 0 Å². The average Bonchev–Trinajstić information content (AvgIpc) is 2.82. The number of aliphatic hydroxyl groups excluding tert-OH is 1. The van der Waals surface area contributed by atoms with Gasteiger partial charge in [-0.15, -0.1) is 0 Å². The predicted octanol–water partition coefficient (Wildman–Crippen LogP) is 1.87. The first-order chi connectivity index (χ1) is 9.20. The van der Waals surface area contributed by atoms with Crippen molar-refractivity contribution in [2.75, 3.05) is 26.9 Å². The van der Waals surface area contributed by atoms with E-state index in [2.05, 4.69) is 33.4 Å². The summed E-state index contributed by atoms with van der Waals surface area (Å²) in [6, 6.07) is 4.21. The van der Waals surface area contributed by atoms with Crippen LogP contribution < -0.4 is 10.1 Å². The first kappa shape index (κ1) is 14.8. The molecule has 2 rings (SSSR count). The first-order valence-electron chi connectivity index (χ1n) is 6.52. The van der Waals surface area contributed by atoms with Crippen LogP contribution in [0.5, 0.6) is 5.75 Å². The highest BCUT2D eigenvalue weighted by Gasteiger charge is 2.17. The fraction of sp³-hybridized carbons (Fsp3) is 0.571. The second kappa shape index (κ2) is 7.24. The Hall–Kier alpha value is -0.620. The van der Waals surface area contributed by atoms with E-state index in [1.807, 2.05) is 0 Å². The van der Waals surface area contributed by atoms with Crippen molar-refractivity contribution in [3.05, 3.63) is 27.7 Å². The second-order valence-corrected chi connectivity index (χ2v) is 5.64. The highest BCUT2D eigenvalue weighted by molar-refractivity contribution is 9.10. The molecule has 0 bridgehead atoms. The molecule has 2 N–H and O–H groups in total. The van der Waals surface area contributed by atoms with Gasteiger partial charge in [-0.1, -0.05) is 15.9 Å². The molecule has 106 valence electrons. The summed E-state index contributed by atoms with van der Waals surface area (Å²) >= 11 is 3.53. The van der Waals surface area contributed by atoms with Gasteiger partial charge in [0, 0.05) is 30.1 Å². The molecule has 1 aromatic rings. The van der Waals surface area contributed by atoms with Gasteiger partial charge in [-0.2, -0.15) is 0 Å². The van der Waals surface area contributed by atoms with Gasteiger partial charge in [-0.05, 0) is 30.7 Å². The summed E-state index contributed by atoms with van der Waals surface area (Å²) in [5.41, 5.74) is 2.44. The van der Waals surface area contributed by atoms with E-state index in [0.717, 1.165) is 36.3 Å². The van der Waals surface area contributed by atoms with Gasteiger partial charge < -0.3 is 19.9 Å². The molecule has 0 spiro atoms. The van der Waals surface area contributed by atoms with E-state index in [1.165, 1.54) is 11.1 Å². The van der Waals surface area contributed by atoms with E-state index in [4.69, 9.17) is 9.47 Å². The van der Waals surface area contributed by atoms with Gasteiger partial charge in [-0.3, -0.25) is 0 Å². The molecule has 0 amide bonds. The van der Waals surface area contributed by atoms with Crippen LogP contribution >= 0.6 is 15.9 Å². The molecule has 4 nitrogen and oxygen atoms in total. The Kier molecular flexibility index (Phi) is 5.63. The number of benzene rings is 1. The van der Waals surface area contributed by atoms with Gasteiger partial charge in [0.2, 0.25) is 0 Å². The minimum atomic E-state index is -0.401. The number of nitrogens with one attached hydrogen (secondary N) is 1. The molecule has 5 heteroatoms. The number of hydrogen-bond donors (Lipinski definition) is 2. The number of methoxy groups -OCH3 is 1. The molecule has 1 aliphatic heterocycles. The fourth-order valence-corrected chi connectivity index (χ4v) is 2.80. The molecule has 0 saturated heterocycles. The molecule has 19 heavy (non-hydrogen) atoms. The molecule has 1 aromatic carbocycles. The van der Waals surface area contributed by atoms with Crippen LogP contribution in [0.25, 0.3) is 0 Å². The van der Waals surface area contributed by atoms with E-state index in [9.17, 15) is 5.11 Å². The summed E-state index contributed by atoms with van der Waals surface area (Å²) in [4.78, 5) is 0. The predicted molar refractivity (Wildman–Crippen MR) is 77.5 cm³/mol. The van der Waals surface area contributed by atoms with Gasteiger partial charge in [0.15, 0.2) is 0 Å². The van der Waals surface area contributed by atoms with Crippen molar-refractivity contribution in [3.8, 4) is 5.75 Å². The van der Waals surface area contributed by atoms with Gasteiger partial charge in [0.05, 0.1) is 19.3 Å². The van der Waals surface area contributed by atoms with Crippen LogP contribution in [-0.4, -0.2) is 38.1 Å². The number of ether oxygens (including phenoxy) is 2. The molecular weight excluding hydrogens is 310 g/mol. The lowest BCUT2D eigenvalue weighted by Crippen LogP contribution is -2.23. The Balaban J connectivity index is 1.83. The molecule has 0 radical (unpaired) electrons. The highest BCUT2D eigenvalue weighted by Crippen LogP contribution is 2.32. The Morgan fingerprint density at radius 1 is 1.53 bits per heavy atom. The maximum Gasteiger partial charge on any atom is 0.127 e. The highest BCUT2D eigenvalue weighted by atomic mass is 79.9. The molecular formula is C14H20BrNO3. The lowest BCUT2D eigenvalue weighted by molar-refractivity contribution is 0.0594. The van der Waals surface area contributed by atoms with E-state index >= 15 is 0 Å². The number of rotatable bonds is 7. The lowest BCUT2D eigenvalue weighted by atomic mass is 10.1. The topological polar surface area (TPSA) is 50.7 Å². The third-order valence-electron chi connectivity index (χ3n) is 3.15. The smallest absolute Gasteiger partial charge is 0.127 e. The number of fused-ring (bicyclic) bond motifs is 1. The minimum absolute atomic E-state index is 0.386. The molecule has 0 aliphatic carbocycles. The third-order valence-corrected chi connectivity index (χ3v) is 3.61. The van der Waals surface area contributed by atoms with Crippen LogP contribution in [0.1, 0.15) is 17.5 Å². The molecule has 1 aliphatic rings. The Morgan fingerprint density at radius 3 is 3.16 bits per heavy atom. The Morgan fingerprint density at radius 2 is 2.37 bits per heavy atom. The standard InChI is InChI=1S/C14H20BrNO3/c1-18-9-13(17)2-4-16-8-11-7-12(15)6-10-3-5-19-14(10)11/h6-7,13,16-17H,2-5,8-9H2,1H3. The van der Waals surface area contributed by atoms with Crippen molar-refractivity contribution < 1.29 is 14.6 Å². The van der Waals surface area contributed by atoms with E-state index < -0.39 is 6.10 Å². The van der Waals surface area contributed by atoms with Gasteiger partial charge in [0.1, 0.15) is 5.75 Å². The van der Waals surface area contributed by atoms with Crippen molar-refractivity contribution >= 4 is 15.9 Å². The van der Waals surface area contributed by atoms with Crippen molar-refractivity contribution in [2.24, 2.45) is 0 Å². The van der Waals surface area contributed by atoms with Crippen LogP contribution in [0.2, 0.25) is 0 Å². The quantitative estimate of drug-likeness (QED) is 0.750. The van der Waals surface area contributed by atoms with Crippen LogP contribution in [-0.2, 0) is 17.7 Å². The normalized spacial score (nSPS) is 15.1. The Labute approximate surface area is 122 Å². The second-order valence-electron chi connectivity index (χ2n) is 4.73. The van der Waals surface area contributed by atoms with Crippen LogP contribution in [0.15, 0.2) is 16.6 Å². The SMILES string of the molecule is COCC(O)CCNCc1cc(Br)cc2c1OCC2. The molecule has 1 heterocycles. The lowest BCUT2D eigenvalue weighted by Gasteiger charge is -2.12. The summed E-state index contributed by atoms with van der Waals surface area (Å²) in [6.07, 6.45) is 1.26. The molecule has 0 aromatic heterocycles. The summed E-state index contributed by atoms with van der Waals surface area (Å²) in [7, 11) is 1.60. The summed E-state index contributed by atoms with van der Waals surface area (Å²) in [5.74, 6) is 1.02. The maximum atomic E-state index is 9.55. The minimum Gasteiger partial charge on any atom is -0.493 e. The Bertz CT molecular complexity index is 425. The fourth-order valence-electron chi connectivity index (χ4n) is 2.24. The van der Waals surface area contributed by atoms with Crippen LogP contribution in [0.4, 0.5) is 0 Å². The molecule has 0 fully saturated rings. The van der Waals surface area contributed by atoms with Crippen LogP contribution in [0.3, 0.4) is 0 Å². The van der Waals surface area contributed by atoms with Gasteiger partial charge in [-0.25, -0.2) is 0 Å². The third kappa shape index (κ3) is 4.18. The van der Waals surface area contributed by atoms with Gasteiger partial charge in [0.25, 0.3) is 0 Å². The zero-order valence-electron chi connectivity index (χ0n) is 11.1. The zero-order chi connectivity index (χ0) is 13.7. The first-order valence-corrected chi connectivity index (χ1v) is 7.32. The van der Waals surface area contributed by atoms with Crippen molar-refractivity contribution in [3.63, 3.8) is 0 Å². The molecule has 0 saturated carbocycles. The van der Waals surface area contributed by atoms with Gasteiger partial charge >= 0.3 is 0 Å². The monoisotopic (exact) mass is 329 g/mol. The largest absolute Gasteiger partial charge is 0.493 e. The van der Waals surface area contributed by atoms with Crippen molar-refractivity contribution in [2.45, 2.75) is 25.5 Å². The molecule has 1 atom stereocenters. The molecule has 1 unspecified atom stereocenters. The number of aliphatic hydroxyl groups is 1. The summed E-state index contributed by atoms with van der Waals surface area (Å²) in [6.45, 7) is 2.66. The zero-order valence-corrected chi connectivity index (χ0v) is 12.7. The number of hydrogen-bond acceptors (Lipinski definition) is 4. The summed E-state index contributed by atoms with van der Waals surface area (Å²) in [5, 5.41) is 12.9. The maximum absolute atomic E-state index is 9.55. The van der Waals surface area contributed by atoms with Crippen LogP contribution in [0, 0.1) is 0 Å². The number of halogens is 1. The van der Waals surface area contributed by atoms with Crippen molar-refractivity contribution in [1.82, 2.24) is 5.32 Å². The van der Waals surface area contributed by atoms with E-state index in [-0.39, 0.29) is 0 Å². The van der Waals surface area contributed by atoms with E-state index in [0.29, 0.717) is 13.0 Å². The summed E-state index contributed by atoms with van der Waals surface area (Å²) < 4.78 is 11.7.